The van der Waals surface area contributed by atoms with Crippen molar-refractivity contribution in [2.45, 2.75) is 51.1 Å². The van der Waals surface area contributed by atoms with Crippen LogP contribution in [0.2, 0.25) is 0 Å². The molecule has 2 aromatic carbocycles. The molecule has 178 valence electrons. The molecule has 1 aliphatic carbocycles. The minimum atomic E-state index is -0.364. The monoisotopic (exact) mass is 463 g/mol. The van der Waals surface area contributed by atoms with Gasteiger partial charge in [0.2, 0.25) is 5.82 Å². The van der Waals surface area contributed by atoms with E-state index in [1.54, 1.807) is 12.1 Å². The van der Waals surface area contributed by atoms with Gasteiger partial charge in [-0.05, 0) is 56.0 Å². The van der Waals surface area contributed by atoms with Crippen molar-refractivity contribution >= 4 is 28.6 Å². The quantitative estimate of drug-likeness (QED) is 0.315. The van der Waals surface area contributed by atoms with Gasteiger partial charge in [0.25, 0.3) is 5.91 Å². The lowest BCUT2D eigenvalue weighted by atomic mass is 9.90. The van der Waals surface area contributed by atoms with Gasteiger partial charge < -0.3 is 22.1 Å². The molecule has 1 aliphatic rings. The highest BCUT2D eigenvalue weighted by molar-refractivity contribution is 5.96. The average Bonchev–Trinajstić information content (AvgIpc) is 2.81. The lowest BCUT2D eigenvalue weighted by molar-refractivity contribution is 0.0944. The molecule has 2 unspecified atom stereocenters. The summed E-state index contributed by atoms with van der Waals surface area (Å²) in [5.74, 6) is 0.111. The maximum absolute atomic E-state index is 13.1. The zero-order valence-electron chi connectivity index (χ0n) is 19.2. The average molecular weight is 464 g/mol. The Kier molecular flexibility index (Phi) is 7.20. The van der Waals surface area contributed by atoms with Crippen molar-refractivity contribution in [1.29, 1.82) is 0 Å². The number of guanidine groups is 1. The number of anilines is 1. The fourth-order valence-electron chi connectivity index (χ4n) is 4.31. The highest BCUT2D eigenvalue weighted by Crippen LogP contribution is 2.28. The molecule has 0 bridgehead atoms. The highest BCUT2D eigenvalue weighted by atomic mass is 19.1. The second-order valence-electron chi connectivity index (χ2n) is 8.71. The molecule has 9 heteroatoms. The molecule has 0 spiro atoms. The standard InChI is InChI=1S/C25H30FN7O/c1-15-6-11-19-18(14-15)22(31-20-4-2-3-5-21(20)32-25(27)28)33-23(30-19)24(34)29-13-12-16-7-9-17(26)10-8-16/h6-11,14,20-21H,2-5,12-13H2,1H3,(H,29,34)(H4,27,28,32)(H,30,31,33). The number of hydrogen-bond donors (Lipinski definition) is 4. The Morgan fingerprint density at radius 2 is 1.88 bits per heavy atom. The van der Waals surface area contributed by atoms with Crippen LogP contribution in [0.3, 0.4) is 0 Å². The van der Waals surface area contributed by atoms with Crippen LogP contribution in [0.25, 0.3) is 10.9 Å². The van der Waals surface area contributed by atoms with Crippen molar-refractivity contribution in [2.24, 2.45) is 16.5 Å². The summed E-state index contributed by atoms with van der Waals surface area (Å²) >= 11 is 0. The number of benzene rings is 2. The topological polar surface area (TPSA) is 131 Å². The molecule has 1 fully saturated rings. The molecule has 0 radical (unpaired) electrons. The lowest BCUT2D eigenvalue weighted by Crippen LogP contribution is -2.38. The number of aliphatic imine (C=N–C) groups is 1. The summed E-state index contributed by atoms with van der Waals surface area (Å²) in [5.41, 5.74) is 14.0. The number of nitrogens with one attached hydrogen (secondary N) is 2. The van der Waals surface area contributed by atoms with Crippen LogP contribution in [-0.4, -0.2) is 40.5 Å². The van der Waals surface area contributed by atoms with E-state index in [4.69, 9.17) is 11.5 Å². The SMILES string of the molecule is Cc1ccc2nc(C(=O)NCCc3ccc(F)cc3)nc(NC3CCCCC3N=C(N)N)c2c1. The molecule has 6 N–H and O–H groups in total. The Bertz CT molecular complexity index is 1190. The number of carbonyl (C=O) groups is 1. The van der Waals surface area contributed by atoms with Gasteiger partial charge in [-0.3, -0.25) is 4.79 Å². The Hall–Kier alpha value is -3.75. The van der Waals surface area contributed by atoms with Crippen LogP contribution >= 0.6 is 0 Å². The van der Waals surface area contributed by atoms with E-state index in [0.717, 1.165) is 42.2 Å². The summed E-state index contributed by atoms with van der Waals surface area (Å²) in [4.78, 5) is 26.4. The fourth-order valence-corrected chi connectivity index (χ4v) is 4.31. The van der Waals surface area contributed by atoms with Gasteiger partial charge in [0.15, 0.2) is 5.96 Å². The summed E-state index contributed by atoms with van der Waals surface area (Å²) in [7, 11) is 0. The maximum Gasteiger partial charge on any atom is 0.289 e. The Morgan fingerprint density at radius 3 is 2.65 bits per heavy atom. The van der Waals surface area contributed by atoms with E-state index in [9.17, 15) is 9.18 Å². The summed E-state index contributed by atoms with van der Waals surface area (Å²) in [6.45, 7) is 2.39. The predicted molar refractivity (Wildman–Crippen MR) is 132 cm³/mol. The number of nitrogens with two attached hydrogens (primary N) is 2. The molecular formula is C25H30FN7O. The number of fused-ring (bicyclic) bond motifs is 1. The van der Waals surface area contributed by atoms with E-state index in [1.807, 2.05) is 25.1 Å². The molecule has 3 aromatic rings. The molecule has 0 saturated heterocycles. The molecule has 1 saturated carbocycles. The highest BCUT2D eigenvalue weighted by Gasteiger charge is 2.26. The molecule has 1 aromatic heterocycles. The van der Waals surface area contributed by atoms with E-state index in [0.29, 0.717) is 24.3 Å². The van der Waals surface area contributed by atoms with E-state index in [2.05, 4.69) is 25.6 Å². The second kappa shape index (κ2) is 10.5. The molecule has 4 rings (SSSR count). The predicted octanol–water partition coefficient (Wildman–Crippen LogP) is 3.05. The first-order chi connectivity index (χ1) is 16.4. The van der Waals surface area contributed by atoms with Crippen LogP contribution in [0.4, 0.5) is 10.2 Å². The number of hydrogen-bond acceptors (Lipinski definition) is 5. The summed E-state index contributed by atoms with van der Waals surface area (Å²) in [6, 6.07) is 12.0. The van der Waals surface area contributed by atoms with Crippen molar-refractivity contribution < 1.29 is 9.18 Å². The van der Waals surface area contributed by atoms with Gasteiger partial charge in [-0.2, -0.15) is 0 Å². The number of nitrogens with zero attached hydrogens (tertiary/aromatic N) is 3. The van der Waals surface area contributed by atoms with Gasteiger partial charge in [-0.15, -0.1) is 0 Å². The maximum atomic E-state index is 13.1. The third kappa shape index (κ3) is 5.78. The van der Waals surface area contributed by atoms with Gasteiger partial charge in [-0.25, -0.2) is 19.4 Å². The van der Waals surface area contributed by atoms with Gasteiger partial charge in [-0.1, -0.05) is 36.6 Å². The zero-order chi connectivity index (χ0) is 24.1. The van der Waals surface area contributed by atoms with Gasteiger partial charge in [0, 0.05) is 11.9 Å². The van der Waals surface area contributed by atoms with Crippen LogP contribution in [0.1, 0.15) is 47.4 Å². The lowest BCUT2D eigenvalue weighted by Gasteiger charge is -2.30. The Labute approximate surface area is 198 Å². The van der Waals surface area contributed by atoms with Crippen LogP contribution in [-0.2, 0) is 6.42 Å². The second-order valence-corrected chi connectivity index (χ2v) is 8.71. The van der Waals surface area contributed by atoms with E-state index in [-0.39, 0.29) is 35.6 Å². The smallest absolute Gasteiger partial charge is 0.289 e. The van der Waals surface area contributed by atoms with Crippen molar-refractivity contribution in [3.8, 4) is 0 Å². The van der Waals surface area contributed by atoms with Crippen LogP contribution < -0.4 is 22.1 Å². The number of carbonyl (C=O) groups excluding carboxylic acids is 1. The van der Waals surface area contributed by atoms with E-state index in [1.165, 1.54) is 12.1 Å². The summed E-state index contributed by atoms with van der Waals surface area (Å²) in [6.07, 6.45) is 4.48. The first-order valence-electron chi connectivity index (χ1n) is 11.6. The van der Waals surface area contributed by atoms with Crippen LogP contribution in [0.15, 0.2) is 47.5 Å². The molecule has 8 nitrogen and oxygen atoms in total. The number of rotatable bonds is 7. The van der Waals surface area contributed by atoms with Crippen molar-refractivity contribution in [3.05, 3.63) is 65.2 Å². The zero-order valence-corrected chi connectivity index (χ0v) is 19.2. The summed E-state index contributed by atoms with van der Waals surface area (Å²) in [5, 5.41) is 7.21. The molecular weight excluding hydrogens is 433 g/mol. The number of halogens is 1. The third-order valence-corrected chi connectivity index (χ3v) is 6.03. The Balaban J connectivity index is 1.56. The van der Waals surface area contributed by atoms with Gasteiger partial charge >= 0.3 is 0 Å². The number of aromatic nitrogens is 2. The minimum Gasteiger partial charge on any atom is -0.370 e. The first kappa shape index (κ1) is 23.4. The van der Waals surface area contributed by atoms with Crippen molar-refractivity contribution in [2.75, 3.05) is 11.9 Å². The third-order valence-electron chi connectivity index (χ3n) is 6.03. The minimum absolute atomic E-state index is 0.00356. The normalized spacial score (nSPS) is 17.8. The van der Waals surface area contributed by atoms with Crippen LogP contribution in [0.5, 0.6) is 0 Å². The molecule has 1 amide bonds. The van der Waals surface area contributed by atoms with Crippen molar-refractivity contribution in [3.63, 3.8) is 0 Å². The van der Waals surface area contributed by atoms with Gasteiger partial charge in [0.1, 0.15) is 11.6 Å². The van der Waals surface area contributed by atoms with Gasteiger partial charge in [0.05, 0.1) is 17.6 Å². The number of amides is 1. The molecule has 0 aliphatic heterocycles. The van der Waals surface area contributed by atoms with Crippen molar-refractivity contribution in [1.82, 2.24) is 15.3 Å². The largest absolute Gasteiger partial charge is 0.370 e. The van der Waals surface area contributed by atoms with Crippen LogP contribution in [0, 0.1) is 12.7 Å². The molecule has 2 atom stereocenters. The summed E-state index contributed by atoms with van der Waals surface area (Å²) < 4.78 is 13.1. The Morgan fingerprint density at radius 1 is 1.12 bits per heavy atom. The molecule has 34 heavy (non-hydrogen) atoms. The number of aryl methyl sites for hydroxylation is 1. The fraction of sp³-hybridized carbons (Fsp3) is 0.360. The molecule has 1 heterocycles. The van der Waals surface area contributed by atoms with E-state index < -0.39 is 0 Å². The van der Waals surface area contributed by atoms with E-state index >= 15 is 0 Å². The first-order valence-corrected chi connectivity index (χ1v) is 11.6.